The third kappa shape index (κ3) is 4.97. The first-order valence-electron chi connectivity index (χ1n) is 11.5. The fourth-order valence-corrected chi connectivity index (χ4v) is 4.65. The fraction of sp³-hybridized carbons (Fsp3) is 0.143. The van der Waals surface area contributed by atoms with E-state index in [2.05, 4.69) is 10.3 Å². The van der Waals surface area contributed by atoms with Crippen molar-refractivity contribution in [1.82, 2.24) is 10.3 Å². The van der Waals surface area contributed by atoms with Crippen molar-refractivity contribution in [3.05, 3.63) is 96.1 Å². The molecule has 0 unspecified atom stereocenters. The summed E-state index contributed by atoms with van der Waals surface area (Å²) in [6, 6.07) is 19.3. The molecule has 2 heterocycles. The number of amides is 2. The number of hydrogen-bond donors (Lipinski definition) is 1. The Balaban J connectivity index is 0.00000336. The van der Waals surface area contributed by atoms with Crippen LogP contribution in [-0.2, 0) is 15.1 Å². The summed E-state index contributed by atoms with van der Waals surface area (Å²) in [6.45, 7) is 0. The van der Waals surface area contributed by atoms with E-state index in [4.69, 9.17) is 4.74 Å². The van der Waals surface area contributed by atoms with Gasteiger partial charge in [-0.2, -0.15) is 0 Å². The van der Waals surface area contributed by atoms with Crippen molar-refractivity contribution < 1.29 is 80.0 Å². The third-order valence-corrected chi connectivity index (χ3v) is 6.46. The first kappa shape index (κ1) is 27.9. The van der Waals surface area contributed by atoms with Gasteiger partial charge in [-0.1, -0.05) is 42.5 Å². The number of carboxylic acid groups (broad SMARTS) is 1. The Kier molecular flexibility index (Phi) is 8.29. The number of carboxylic acids is 1. The Bertz CT molecular complexity index is 1560. The molecule has 3 aromatic carbocycles. The molecule has 0 saturated carbocycles. The molecule has 1 aliphatic rings. The summed E-state index contributed by atoms with van der Waals surface area (Å²) in [5.74, 6) is -3.07. The van der Waals surface area contributed by atoms with E-state index in [1.54, 1.807) is 36.5 Å². The first-order valence-corrected chi connectivity index (χ1v) is 11.5. The average molecular weight is 538 g/mol. The number of ether oxygens (including phenoxy) is 1. The molecule has 186 valence electrons. The molecular formula is C28H21FKN3O5. The molecule has 0 radical (unpaired) electrons. The average Bonchev–Trinajstić information content (AvgIpc) is 3.14. The number of carbonyl (C=O) groups is 3. The summed E-state index contributed by atoms with van der Waals surface area (Å²) < 4.78 is 20.2. The Hall–Kier alpha value is -3.15. The molecule has 0 saturated heterocycles. The van der Waals surface area contributed by atoms with Crippen LogP contribution in [0.2, 0.25) is 0 Å². The van der Waals surface area contributed by atoms with Gasteiger partial charge in [0, 0.05) is 29.2 Å². The Morgan fingerprint density at radius 3 is 2.45 bits per heavy atom. The number of hydrogen-bond acceptors (Lipinski definition) is 6. The quantitative estimate of drug-likeness (QED) is 0.338. The number of anilines is 2. The van der Waals surface area contributed by atoms with Gasteiger partial charge in [-0.3, -0.25) is 19.5 Å². The summed E-state index contributed by atoms with van der Waals surface area (Å²) in [6.07, 6.45) is 0.685. The molecule has 8 nitrogen and oxygen atoms in total. The molecule has 0 bridgehead atoms. The smallest absolute Gasteiger partial charge is 0.550 e. The van der Waals surface area contributed by atoms with Crippen LogP contribution in [0.5, 0.6) is 5.75 Å². The maximum absolute atomic E-state index is 14.9. The van der Waals surface area contributed by atoms with Crippen molar-refractivity contribution in [1.29, 1.82) is 0 Å². The molecule has 4 aromatic rings. The number of halogens is 1. The number of pyridine rings is 1. The topological polar surface area (TPSA) is 112 Å². The molecule has 1 atom stereocenters. The van der Waals surface area contributed by atoms with Crippen LogP contribution in [-0.4, -0.2) is 29.9 Å². The number of aliphatic carboxylic acids is 1. The maximum atomic E-state index is 14.9. The monoisotopic (exact) mass is 537 g/mol. The molecule has 5 rings (SSSR count). The second-order valence-corrected chi connectivity index (χ2v) is 8.62. The van der Waals surface area contributed by atoms with Crippen LogP contribution in [0.4, 0.5) is 15.8 Å². The summed E-state index contributed by atoms with van der Waals surface area (Å²) in [5, 5.41) is 15.8. The van der Waals surface area contributed by atoms with Crippen molar-refractivity contribution in [2.75, 3.05) is 12.0 Å². The van der Waals surface area contributed by atoms with Crippen LogP contribution in [0.3, 0.4) is 0 Å². The molecule has 1 aromatic heterocycles. The normalized spacial score (nSPS) is 16.1. The number of rotatable bonds is 7. The Labute approximate surface area is 260 Å². The Morgan fingerprint density at radius 1 is 1.03 bits per heavy atom. The van der Waals surface area contributed by atoms with E-state index < -0.39 is 35.6 Å². The van der Waals surface area contributed by atoms with Crippen LogP contribution < -0.4 is 71.4 Å². The molecule has 0 aliphatic carbocycles. The zero-order chi connectivity index (χ0) is 26.2. The van der Waals surface area contributed by atoms with E-state index in [9.17, 15) is 23.9 Å². The van der Waals surface area contributed by atoms with Crippen molar-refractivity contribution in [3.63, 3.8) is 0 Å². The van der Waals surface area contributed by atoms with Crippen LogP contribution >= 0.6 is 0 Å². The van der Waals surface area contributed by atoms with Crippen molar-refractivity contribution >= 4 is 39.9 Å². The molecule has 1 N–H and O–H groups in total. The van der Waals surface area contributed by atoms with Crippen molar-refractivity contribution in [2.45, 2.75) is 18.4 Å². The van der Waals surface area contributed by atoms with E-state index in [0.717, 1.165) is 15.7 Å². The second-order valence-electron chi connectivity index (χ2n) is 8.62. The van der Waals surface area contributed by atoms with E-state index in [-0.39, 0.29) is 74.9 Å². The van der Waals surface area contributed by atoms with Gasteiger partial charge in [0.15, 0.2) is 0 Å². The third-order valence-electron chi connectivity index (χ3n) is 6.46. The molecule has 0 spiro atoms. The van der Waals surface area contributed by atoms with Gasteiger partial charge in [-0.05, 0) is 42.5 Å². The summed E-state index contributed by atoms with van der Waals surface area (Å²) in [7, 11) is 1.45. The zero-order valence-electron chi connectivity index (χ0n) is 20.7. The van der Waals surface area contributed by atoms with Crippen LogP contribution in [0, 0.1) is 5.82 Å². The van der Waals surface area contributed by atoms with Crippen LogP contribution in [0.15, 0.2) is 79.0 Å². The Morgan fingerprint density at radius 2 is 1.74 bits per heavy atom. The largest absolute Gasteiger partial charge is 1.00 e. The van der Waals surface area contributed by atoms with Gasteiger partial charge in [0.1, 0.15) is 22.8 Å². The number of nitrogens with zero attached hydrogens (tertiary/aromatic N) is 2. The van der Waals surface area contributed by atoms with Gasteiger partial charge in [0.25, 0.3) is 11.8 Å². The van der Waals surface area contributed by atoms with E-state index in [0.29, 0.717) is 11.3 Å². The van der Waals surface area contributed by atoms with Gasteiger partial charge < -0.3 is 20.0 Å². The van der Waals surface area contributed by atoms with Gasteiger partial charge in [-0.15, -0.1) is 0 Å². The first-order chi connectivity index (χ1) is 17.8. The zero-order valence-corrected chi connectivity index (χ0v) is 23.9. The van der Waals surface area contributed by atoms with Crippen molar-refractivity contribution in [3.8, 4) is 5.75 Å². The predicted octanol–water partition coefficient (Wildman–Crippen LogP) is 0.220. The number of carbonyl (C=O) groups excluding carboxylic acids is 3. The van der Waals surface area contributed by atoms with Crippen LogP contribution in [0.1, 0.15) is 28.9 Å². The van der Waals surface area contributed by atoms with Gasteiger partial charge in [0.05, 0.1) is 18.5 Å². The minimum absolute atomic E-state index is 0. The van der Waals surface area contributed by atoms with E-state index >= 15 is 0 Å². The predicted molar refractivity (Wildman–Crippen MR) is 132 cm³/mol. The standard InChI is InChI=1S/C28H22FN3O5.K/c1-37-19-10-11-20-24(15-19)32(23-9-5-4-8-21(23)29)27(36)28(20,13-12-25(33)34)31-26(35)22-14-17-6-2-3-7-18(17)16-30-22;/h2-11,14-16H,12-13H2,1H3,(H,31,35)(H,33,34);/q;+1/p-1/t28-;/m0./s1. The molecule has 38 heavy (non-hydrogen) atoms. The van der Waals surface area contributed by atoms with E-state index in [1.165, 1.54) is 25.3 Å². The maximum Gasteiger partial charge on any atom is 1.00 e. The number of benzene rings is 3. The number of nitrogens with one attached hydrogen (secondary N) is 1. The molecule has 0 fully saturated rings. The number of methoxy groups -OCH3 is 1. The van der Waals surface area contributed by atoms with Gasteiger partial charge in [-0.25, -0.2) is 4.39 Å². The van der Waals surface area contributed by atoms with Gasteiger partial charge >= 0.3 is 51.4 Å². The number of fused-ring (bicyclic) bond motifs is 2. The molecular weight excluding hydrogens is 516 g/mol. The van der Waals surface area contributed by atoms with Crippen LogP contribution in [0.25, 0.3) is 10.8 Å². The molecule has 10 heteroatoms. The number of aromatic nitrogens is 1. The summed E-state index contributed by atoms with van der Waals surface area (Å²) >= 11 is 0. The summed E-state index contributed by atoms with van der Waals surface area (Å²) in [5.41, 5.74) is -1.26. The van der Waals surface area contributed by atoms with E-state index in [1.807, 2.05) is 24.3 Å². The van der Waals surface area contributed by atoms with Crippen molar-refractivity contribution in [2.24, 2.45) is 0 Å². The molecule has 1 aliphatic heterocycles. The minimum Gasteiger partial charge on any atom is -0.550 e. The second kappa shape index (κ2) is 11.3. The number of para-hydroxylation sites is 1. The van der Waals surface area contributed by atoms with Gasteiger partial charge in [0.2, 0.25) is 0 Å². The SMILES string of the molecule is COc1ccc2c(c1)N(c1ccccc1F)C(=O)[C@@]2(CCC(=O)[O-])NC(=O)c1cc2ccccc2cn1.[K+]. The summed E-state index contributed by atoms with van der Waals surface area (Å²) in [4.78, 5) is 44.4. The molecule has 2 amide bonds. The minimum atomic E-state index is -1.83. The fourth-order valence-electron chi connectivity index (χ4n) is 4.65.